The Balaban J connectivity index is 1.64. The summed E-state index contributed by atoms with van der Waals surface area (Å²) in [5.41, 5.74) is 7.86. The van der Waals surface area contributed by atoms with E-state index in [0.717, 1.165) is 22.0 Å². The molecule has 2 aromatic carbocycles. The van der Waals surface area contributed by atoms with Crippen LogP contribution in [0.5, 0.6) is 0 Å². The first-order valence-corrected chi connectivity index (χ1v) is 8.11. The Labute approximate surface area is 144 Å². The average Bonchev–Trinajstić information content (AvgIpc) is 3.00. The normalized spacial score (nSPS) is 14.9. The Kier molecular flexibility index (Phi) is 3.50. The summed E-state index contributed by atoms with van der Waals surface area (Å²) >= 11 is 0. The third kappa shape index (κ3) is 2.63. The molecule has 25 heavy (non-hydrogen) atoms. The maximum Gasteiger partial charge on any atom is 0.252 e. The number of carbonyl (C=O) groups excluding carboxylic acids is 2. The fourth-order valence-electron chi connectivity index (χ4n) is 3.44. The van der Waals surface area contributed by atoms with Crippen LogP contribution in [0.15, 0.2) is 60.8 Å². The van der Waals surface area contributed by atoms with E-state index in [0.29, 0.717) is 18.4 Å². The van der Waals surface area contributed by atoms with Gasteiger partial charge in [-0.15, -0.1) is 0 Å². The van der Waals surface area contributed by atoms with Gasteiger partial charge in [0.25, 0.3) is 5.91 Å². The lowest BCUT2D eigenvalue weighted by Crippen LogP contribution is -2.58. The number of benzene rings is 2. The smallest absolute Gasteiger partial charge is 0.252 e. The maximum absolute atomic E-state index is 12.8. The predicted octanol–water partition coefficient (Wildman–Crippen LogP) is 1.99. The second-order valence-corrected chi connectivity index (χ2v) is 6.43. The second-order valence-electron chi connectivity index (χ2n) is 6.43. The van der Waals surface area contributed by atoms with Crippen molar-refractivity contribution in [2.45, 2.75) is 18.4 Å². The first-order valence-electron chi connectivity index (χ1n) is 8.11. The molecule has 5 nitrogen and oxygen atoms in total. The molecular formula is C20H17N3O2. The molecule has 1 aliphatic rings. The molecule has 0 fully saturated rings. The molecule has 3 N–H and O–H groups in total. The highest BCUT2D eigenvalue weighted by Crippen LogP contribution is 2.30. The monoisotopic (exact) mass is 331 g/mol. The number of hydrogen-bond donors (Lipinski definition) is 2. The average molecular weight is 331 g/mol. The van der Waals surface area contributed by atoms with E-state index in [9.17, 15) is 9.59 Å². The summed E-state index contributed by atoms with van der Waals surface area (Å²) in [5, 5.41) is 3.83. The minimum absolute atomic E-state index is 0.320. The molecule has 1 heterocycles. The summed E-state index contributed by atoms with van der Waals surface area (Å²) in [6.07, 6.45) is 2.51. The Bertz CT molecular complexity index is 972. The summed E-state index contributed by atoms with van der Waals surface area (Å²) in [6.45, 7) is 0. The topological polar surface area (TPSA) is 85.1 Å². The Morgan fingerprint density at radius 3 is 2.40 bits per heavy atom. The van der Waals surface area contributed by atoms with Crippen molar-refractivity contribution in [1.82, 2.24) is 10.3 Å². The SMILES string of the molecule is NC(=O)C1(NC(=O)c2ccc3cccnc3c2)Cc2ccccc2C1. The van der Waals surface area contributed by atoms with Crippen molar-refractivity contribution in [3.8, 4) is 0 Å². The van der Waals surface area contributed by atoms with Gasteiger partial charge in [-0.1, -0.05) is 36.4 Å². The van der Waals surface area contributed by atoms with E-state index < -0.39 is 11.4 Å². The largest absolute Gasteiger partial charge is 0.368 e. The van der Waals surface area contributed by atoms with Crippen LogP contribution in [0.2, 0.25) is 0 Å². The van der Waals surface area contributed by atoms with Crippen LogP contribution >= 0.6 is 0 Å². The van der Waals surface area contributed by atoms with Crippen LogP contribution in [-0.4, -0.2) is 22.3 Å². The van der Waals surface area contributed by atoms with Gasteiger partial charge in [-0.25, -0.2) is 0 Å². The molecule has 1 aliphatic carbocycles. The number of hydrogen-bond acceptors (Lipinski definition) is 3. The minimum Gasteiger partial charge on any atom is -0.368 e. The first-order chi connectivity index (χ1) is 12.1. The Morgan fingerprint density at radius 2 is 1.72 bits per heavy atom. The zero-order valence-corrected chi connectivity index (χ0v) is 13.5. The van der Waals surface area contributed by atoms with Crippen LogP contribution in [0.4, 0.5) is 0 Å². The molecule has 1 aromatic heterocycles. The van der Waals surface area contributed by atoms with E-state index in [-0.39, 0.29) is 5.91 Å². The van der Waals surface area contributed by atoms with E-state index in [2.05, 4.69) is 10.3 Å². The lowest BCUT2D eigenvalue weighted by atomic mass is 9.94. The number of pyridine rings is 1. The van der Waals surface area contributed by atoms with Gasteiger partial charge in [0.2, 0.25) is 5.91 Å². The van der Waals surface area contributed by atoms with Crippen LogP contribution in [0, 0.1) is 0 Å². The third-order valence-corrected chi connectivity index (χ3v) is 4.80. The minimum atomic E-state index is -1.08. The number of nitrogens with one attached hydrogen (secondary N) is 1. The Hall–Kier alpha value is -3.21. The molecule has 0 spiro atoms. The molecular weight excluding hydrogens is 314 g/mol. The molecule has 3 aromatic rings. The van der Waals surface area contributed by atoms with Crippen LogP contribution in [-0.2, 0) is 17.6 Å². The summed E-state index contributed by atoms with van der Waals surface area (Å²) in [7, 11) is 0. The molecule has 0 unspecified atom stereocenters. The van der Waals surface area contributed by atoms with Gasteiger partial charge in [-0.3, -0.25) is 14.6 Å². The van der Waals surface area contributed by atoms with E-state index in [1.807, 2.05) is 42.5 Å². The standard InChI is InChI=1S/C20H17N3O2/c21-19(25)20(11-15-4-1-2-5-16(15)12-20)23-18(24)14-8-7-13-6-3-9-22-17(13)10-14/h1-10H,11-12H2,(H2,21,25)(H,23,24). The fourth-order valence-corrected chi connectivity index (χ4v) is 3.44. The van der Waals surface area contributed by atoms with E-state index in [1.54, 1.807) is 18.3 Å². The summed E-state index contributed by atoms with van der Waals surface area (Å²) < 4.78 is 0. The zero-order valence-electron chi connectivity index (χ0n) is 13.5. The number of fused-ring (bicyclic) bond motifs is 2. The molecule has 0 radical (unpaired) electrons. The van der Waals surface area contributed by atoms with Crippen molar-refractivity contribution in [1.29, 1.82) is 0 Å². The van der Waals surface area contributed by atoms with Gasteiger partial charge in [0, 0.05) is 30.0 Å². The molecule has 4 rings (SSSR count). The van der Waals surface area contributed by atoms with Gasteiger partial charge in [0.15, 0.2) is 0 Å². The molecule has 5 heteroatoms. The quantitative estimate of drug-likeness (QED) is 0.769. The highest BCUT2D eigenvalue weighted by molar-refractivity contribution is 6.01. The van der Waals surface area contributed by atoms with Crippen molar-refractivity contribution in [3.05, 3.63) is 77.5 Å². The van der Waals surface area contributed by atoms with Crippen LogP contribution in [0.25, 0.3) is 10.9 Å². The highest BCUT2D eigenvalue weighted by Gasteiger charge is 2.43. The van der Waals surface area contributed by atoms with Crippen LogP contribution in [0.3, 0.4) is 0 Å². The summed E-state index contributed by atoms with van der Waals surface area (Å²) in [4.78, 5) is 29.2. The number of rotatable bonds is 3. The van der Waals surface area contributed by atoms with Crippen molar-refractivity contribution in [3.63, 3.8) is 0 Å². The summed E-state index contributed by atoms with van der Waals surface area (Å²) in [6, 6.07) is 16.9. The number of amides is 2. The van der Waals surface area contributed by atoms with Crippen molar-refractivity contribution < 1.29 is 9.59 Å². The van der Waals surface area contributed by atoms with E-state index in [1.165, 1.54) is 0 Å². The van der Waals surface area contributed by atoms with Crippen LogP contribution < -0.4 is 11.1 Å². The van der Waals surface area contributed by atoms with Gasteiger partial charge in [-0.2, -0.15) is 0 Å². The highest BCUT2D eigenvalue weighted by atomic mass is 16.2. The molecule has 0 atom stereocenters. The lowest BCUT2D eigenvalue weighted by molar-refractivity contribution is -0.123. The number of aromatic nitrogens is 1. The predicted molar refractivity (Wildman–Crippen MR) is 95.0 cm³/mol. The lowest BCUT2D eigenvalue weighted by Gasteiger charge is -2.26. The molecule has 2 amide bonds. The number of primary amides is 1. The number of nitrogens with zero attached hydrogens (tertiary/aromatic N) is 1. The number of carbonyl (C=O) groups is 2. The third-order valence-electron chi connectivity index (χ3n) is 4.80. The zero-order chi connectivity index (χ0) is 17.4. The van der Waals surface area contributed by atoms with Crippen molar-refractivity contribution in [2.24, 2.45) is 5.73 Å². The second kappa shape index (κ2) is 5.70. The van der Waals surface area contributed by atoms with Crippen LogP contribution in [0.1, 0.15) is 21.5 Å². The maximum atomic E-state index is 12.8. The Morgan fingerprint density at radius 1 is 1.00 bits per heavy atom. The van der Waals surface area contributed by atoms with Gasteiger partial charge in [0.05, 0.1) is 5.52 Å². The molecule has 0 saturated heterocycles. The summed E-state index contributed by atoms with van der Waals surface area (Å²) in [5.74, 6) is -0.838. The van der Waals surface area contributed by atoms with Gasteiger partial charge in [0.1, 0.15) is 5.54 Å². The van der Waals surface area contributed by atoms with Gasteiger partial charge < -0.3 is 11.1 Å². The van der Waals surface area contributed by atoms with Crippen molar-refractivity contribution >= 4 is 22.7 Å². The molecule has 0 aliphatic heterocycles. The molecule has 0 saturated carbocycles. The van der Waals surface area contributed by atoms with Crippen molar-refractivity contribution in [2.75, 3.05) is 0 Å². The van der Waals surface area contributed by atoms with Gasteiger partial charge in [-0.05, 0) is 29.3 Å². The first kappa shape index (κ1) is 15.3. The van der Waals surface area contributed by atoms with E-state index in [4.69, 9.17) is 5.73 Å². The van der Waals surface area contributed by atoms with E-state index >= 15 is 0 Å². The van der Waals surface area contributed by atoms with Gasteiger partial charge >= 0.3 is 0 Å². The molecule has 124 valence electrons. The fraction of sp³-hybridized carbons (Fsp3) is 0.150. The molecule has 0 bridgehead atoms. The number of nitrogens with two attached hydrogens (primary N) is 1.